The molecule has 0 bridgehead atoms. The second kappa shape index (κ2) is 4.51. The maximum atomic E-state index is 9.47. The van der Waals surface area contributed by atoms with Crippen LogP contribution in [-0.2, 0) is 0 Å². The van der Waals surface area contributed by atoms with Gasteiger partial charge in [0.25, 0.3) is 0 Å². The van der Waals surface area contributed by atoms with Crippen LogP contribution in [0.15, 0.2) is 35.0 Å². The van der Waals surface area contributed by atoms with Crippen molar-refractivity contribution in [3.63, 3.8) is 0 Å². The van der Waals surface area contributed by atoms with Crippen molar-refractivity contribution in [1.82, 2.24) is 9.97 Å². The van der Waals surface area contributed by atoms with Crippen LogP contribution in [0, 0.1) is 6.92 Å². The fourth-order valence-corrected chi connectivity index (χ4v) is 3.06. The van der Waals surface area contributed by atoms with Crippen LogP contribution in [0.25, 0.3) is 22.0 Å². The first-order valence-corrected chi connectivity index (χ1v) is 7.16. The zero-order valence-corrected chi connectivity index (χ0v) is 11.3. The predicted octanol–water partition coefficient (Wildman–Crippen LogP) is 3.95. The second-order valence-corrected chi connectivity index (χ2v) is 5.76. The van der Waals surface area contributed by atoms with Crippen molar-refractivity contribution in [3.05, 3.63) is 40.0 Å². The summed E-state index contributed by atoms with van der Waals surface area (Å²) in [6, 6.07) is 7.13. The summed E-state index contributed by atoms with van der Waals surface area (Å²) >= 11 is 3.18. The Kier molecular flexibility index (Phi) is 2.85. The van der Waals surface area contributed by atoms with Gasteiger partial charge >= 0.3 is 0 Å². The summed E-state index contributed by atoms with van der Waals surface area (Å²) < 4.78 is 0. The van der Waals surface area contributed by atoms with Crippen LogP contribution in [-0.4, -0.2) is 15.1 Å². The monoisotopic (exact) mass is 274 g/mol. The summed E-state index contributed by atoms with van der Waals surface area (Å²) in [4.78, 5) is 8.98. The number of hydrogen-bond acceptors (Lipinski definition) is 5. The largest absolute Gasteiger partial charge is 0.508 e. The van der Waals surface area contributed by atoms with Crippen molar-refractivity contribution >= 4 is 22.7 Å². The summed E-state index contributed by atoms with van der Waals surface area (Å²) in [5.74, 6) is 0.258. The number of aryl methyl sites for hydroxylation is 1. The summed E-state index contributed by atoms with van der Waals surface area (Å²) in [6.07, 6.45) is 0. The van der Waals surface area contributed by atoms with Gasteiger partial charge in [0.15, 0.2) is 0 Å². The fraction of sp³-hybridized carbons (Fsp3) is 0.0769. The maximum absolute atomic E-state index is 9.47. The minimum Gasteiger partial charge on any atom is -0.508 e. The molecule has 0 fully saturated rings. The average Bonchev–Trinajstić information content (AvgIpc) is 2.97. The highest BCUT2D eigenvalue weighted by Gasteiger charge is 2.09. The van der Waals surface area contributed by atoms with E-state index in [1.807, 2.05) is 29.8 Å². The molecule has 2 heterocycles. The van der Waals surface area contributed by atoms with E-state index in [0.717, 1.165) is 27.0 Å². The Morgan fingerprint density at radius 2 is 1.83 bits per heavy atom. The van der Waals surface area contributed by atoms with Gasteiger partial charge in [0.2, 0.25) is 0 Å². The van der Waals surface area contributed by atoms with Gasteiger partial charge in [-0.1, -0.05) is 12.1 Å². The number of hydrogen-bond donors (Lipinski definition) is 1. The molecule has 0 saturated heterocycles. The molecule has 0 radical (unpaired) electrons. The lowest BCUT2D eigenvalue weighted by Gasteiger charge is -1.96. The minimum absolute atomic E-state index is 0.258. The normalized spacial score (nSPS) is 10.7. The molecule has 0 aliphatic rings. The number of thiazole rings is 2. The first kappa shape index (κ1) is 11.4. The van der Waals surface area contributed by atoms with Gasteiger partial charge in [-0.25, -0.2) is 9.97 Å². The van der Waals surface area contributed by atoms with Crippen molar-refractivity contribution < 1.29 is 5.11 Å². The first-order chi connectivity index (χ1) is 8.72. The molecule has 5 heteroatoms. The molecular weight excluding hydrogens is 264 g/mol. The van der Waals surface area contributed by atoms with E-state index in [4.69, 9.17) is 0 Å². The van der Waals surface area contributed by atoms with Gasteiger partial charge in [-0.05, 0) is 19.1 Å². The number of rotatable bonds is 2. The van der Waals surface area contributed by atoms with Gasteiger partial charge in [-0.3, -0.25) is 0 Å². The lowest BCUT2D eigenvalue weighted by molar-refractivity contribution is 0.475. The molecule has 18 heavy (non-hydrogen) atoms. The van der Waals surface area contributed by atoms with Gasteiger partial charge in [0.05, 0.1) is 5.01 Å². The van der Waals surface area contributed by atoms with E-state index in [-0.39, 0.29) is 5.75 Å². The van der Waals surface area contributed by atoms with Crippen molar-refractivity contribution in [1.29, 1.82) is 0 Å². The van der Waals surface area contributed by atoms with Crippen molar-refractivity contribution in [2.45, 2.75) is 6.92 Å². The number of phenols is 1. The van der Waals surface area contributed by atoms with Crippen molar-refractivity contribution in [2.75, 3.05) is 0 Å². The standard InChI is InChI=1S/C13H10N2OS2/c1-8-14-11(6-17-8)12-7-18-13(15-12)9-3-2-4-10(16)5-9/h2-7,16H,1H3. The molecule has 0 spiro atoms. The zero-order chi connectivity index (χ0) is 12.5. The number of nitrogens with zero attached hydrogens (tertiary/aromatic N) is 2. The van der Waals surface area contributed by atoms with Gasteiger partial charge in [0, 0.05) is 16.3 Å². The third kappa shape index (κ3) is 2.14. The van der Waals surface area contributed by atoms with Crippen LogP contribution in [0.2, 0.25) is 0 Å². The molecular formula is C13H10N2OS2. The lowest BCUT2D eigenvalue weighted by atomic mass is 10.2. The Bertz CT molecular complexity index is 688. The van der Waals surface area contributed by atoms with E-state index in [1.54, 1.807) is 34.8 Å². The molecule has 0 atom stereocenters. The molecule has 90 valence electrons. The molecule has 1 N–H and O–H groups in total. The van der Waals surface area contributed by atoms with Crippen molar-refractivity contribution in [3.8, 4) is 27.7 Å². The Balaban J connectivity index is 1.99. The molecule has 0 aliphatic heterocycles. The predicted molar refractivity (Wildman–Crippen MR) is 75.1 cm³/mol. The molecule has 2 aromatic heterocycles. The van der Waals surface area contributed by atoms with Crippen LogP contribution in [0.5, 0.6) is 5.75 Å². The van der Waals surface area contributed by atoms with E-state index < -0.39 is 0 Å². The SMILES string of the molecule is Cc1nc(-c2csc(-c3cccc(O)c3)n2)cs1. The van der Waals surface area contributed by atoms with Crippen molar-refractivity contribution in [2.24, 2.45) is 0 Å². The molecule has 0 aliphatic carbocycles. The quantitative estimate of drug-likeness (QED) is 0.769. The topological polar surface area (TPSA) is 46.0 Å². The van der Waals surface area contributed by atoms with Crippen LogP contribution in [0.1, 0.15) is 5.01 Å². The third-order valence-electron chi connectivity index (χ3n) is 2.48. The Morgan fingerprint density at radius 3 is 2.56 bits per heavy atom. The Labute approximate surface area is 112 Å². The minimum atomic E-state index is 0.258. The van der Waals surface area contributed by atoms with Gasteiger partial charge < -0.3 is 5.11 Å². The van der Waals surface area contributed by atoms with Crippen LogP contribution in [0.3, 0.4) is 0 Å². The summed E-state index contributed by atoms with van der Waals surface area (Å²) in [7, 11) is 0. The molecule has 1 aromatic carbocycles. The maximum Gasteiger partial charge on any atom is 0.124 e. The second-order valence-electron chi connectivity index (χ2n) is 3.84. The van der Waals surface area contributed by atoms with Gasteiger partial charge in [-0.2, -0.15) is 0 Å². The van der Waals surface area contributed by atoms with Crippen LogP contribution >= 0.6 is 22.7 Å². The smallest absolute Gasteiger partial charge is 0.124 e. The number of aromatic hydroxyl groups is 1. The highest BCUT2D eigenvalue weighted by molar-refractivity contribution is 7.13. The molecule has 3 nitrogen and oxygen atoms in total. The molecule has 3 rings (SSSR count). The molecule has 3 aromatic rings. The Hall–Kier alpha value is -1.72. The molecule has 0 saturated carbocycles. The average molecular weight is 274 g/mol. The number of aromatic nitrogens is 2. The van der Waals surface area contributed by atoms with Crippen LogP contribution < -0.4 is 0 Å². The van der Waals surface area contributed by atoms with E-state index >= 15 is 0 Å². The fourth-order valence-electron chi connectivity index (χ4n) is 1.64. The van der Waals surface area contributed by atoms with E-state index in [0.29, 0.717) is 0 Å². The van der Waals surface area contributed by atoms with E-state index in [9.17, 15) is 5.11 Å². The van der Waals surface area contributed by atoms with Gasteiger partial charge in [-0.15, -0.1) is 22.7 Å². The zero-order valence-electron chi connectivity index (χ0n) is 9.62. The number of phenolic OH excluding ortho intramolecular Hbond substituents is 1. The highest BCUT2D eigenvalue weighted by Crippen LogP contribution is 2.30. The summed E-state index contributed by atoms with van der Waals surface area (Å²) in [5, 5.41) is 15.4. The highest BCUT2D eigenvalue weighted by atomic mass is 32.1. The Morgan fingerprint density at radius 1 is 1.06 bits per heavy atom. The van der Waals surface area contributed by atoms with E-state index in [2.05, 4.69) is 9.97 Å². The lowest BCUT2D eigenvalue weighted by Crippen LogP contribution is -1.80. The summed E-state index contributed by atoms with van der Waals surface area (Å²) in [6.45, 7) is 1.98. The van der Waals surface area contributed by atoms with E-state index in [1.165, 1.54) is 0 Å². The first-order valence-electron chi connectivity index (χ1n) is 5.40. The van der Waals surface area contributed by atoms with Gasteiger partial charge in [0.1, 0.15) is 22.1 Å². The third-order valence-corrected chi connectivity index (χ3v) is 4.14. The molecule has 0 amide bonds. The molecule has 0 unspecified atom stereocenters. The van der Waals surface area contributed by atoms with Crippen LogP contribution in [0.4, 0.5) is 0 Å². The number of benzene rings is 1. The summed E-state index contributed by atoms with van der Waals surface area (Å²) in [5.41, 5.74) is 2.74.